The molecule has 2 aromatic rings. The van der Waals surface area contributed by atoms with Crippen LogP contribution in [-0.4, -0.2) is 24.5 Å². The summed E-state index contributed by atoms with van der Waals surface area (Å²) in [6, 6.07) is 0.310. The molecule has 0 bridgehead atoms. The Morgan fingerprint density at radius 3 is 2.94 bits per heavy atom. The maximum Gasteiger partial charge on any atom is 0.154 e. The largest absolute Gasteiger partial charge is 0.318 e. The van der Waals surface area contributed by atoms with Gasteiger partial charge in [0.15, 0.2) is 5.82 Å². The van der Waals surface area contributed by atoms with Crippen LogP contribution in [0.15, 0.2) is 18.7 Å². The number of aromatic nitrogens is 5. The van der Waals surface area contributed by atoms with Gasteiger partial charge < -0.3 is 10.3 Å². The third kappa shape index (κ3) is 1.51. The fraction of sp³-hybridized carbons (Fsp3) is 0.500. The maximum absolute atomic E-state index is 6.16. The van der Waals surface area contributed by atoms with Crippen molar-refractivity contribution in [3.8, 4) is 0 Å². The average Bonchev–Trinajstić information content (AvgIpc) is 2.85. The highest BCUT2D eigenvalue weighted by atomic mass is 15.3. The Labute approximate surface area is 93.1 Å². The van der Waals surface area contributed by atoms with Crippen LogP contribution in [0.3, 0.4) is 0 Å². The first-order valence-corrected chi connectivity index (χ1v) is 5.39. The van der Waals surface area contributed by atoms with E-state index in [2.05, 4.69) is 19.9 Å². The third-order valence-electron chi connectivity index (χ3n) is 2.90. The predicted molar refractivity (Wildman–Crippen MR) is 57.5 cm³/mol. The molecule has 0 saturated heterocycles. The number of rotatable bonds is 3. The quantitative estimate of drug-likeness (QED) is 0.809. The van der Waals surface area contributed by atoms with Gasteiger partial charge in [-0.1, -0.05) is 0 Å². The molecule has 1 unspecified atom stereocenters. The van der Waals surface area contributed by atoms with Crippen molar-refractivity contribution >= 4 is 0 Å². The van der Waals surface area contributed by atoms with Crippen LogP contribution in [0.4, 0.5) is 0 Å². The van der Waals surface area contributed by atoms with E-state index in [-0.39, 0.29) is 6.04 Å². The summed E-state index contributed by atoms with van der Waals surface area (Å²) in [5.41, 5.74) is 7.13. The van der Waals surface area contributed by atoms with Crippen LogP contribution in [0, 0.1) is 0 Å². The number of nitrogens with two attached hydrogens (primary N) is 1. The maximum atomic E-state index is 6.16. The minimum absolute atomic E-state index is 0.239. The van der Waals surface area contributed by atoms with Gasteiger partial charge in [-0.3, -0.25) is 4.68 Å². The molecule has 1 aliphatic carbocycles. The van der Waals surface area contributed by atoms with Gasteiger partial charge in [0.1, 0.15) is 6.33 Å². The molecule has 0 amide bonds. The number of nitrogens with zero attached hydrogens (tertiary/aromatic N) is 5. The van der Waals surface area contributed by atoms with Crippen LogP contribution in [0.5, 0.6) is 0 Å². The normalized spacial score (nSPS) is 17.6. The highest BCUT2D eigenvalue weighted by Gasteiger charge is 2.28. The van der Waals surface area contributed by atoms with Crippen molar-refractivity contribution in [3.05, 3.63) is 30.1 Å². The van der Waals surface area contributed by atoms with Gasteiger partial charge >= 0.3 is 0 Å². The van der Waals surface area contributed by atoms with Gasteiger partial charge in [0, 0.05) is 24.8 Å². The fourth-order valence-electron chi connectivity index (χ4n) is 1.86. The molecule has 1 fully saturated rings. The number of hydrogen-bond donors (Lipinski definition) is 1. The number of hydrogen-bond acceptors (Lipinski definition) is 4. The van der Waals surface area contributed by atoms with E-state index < -0.39 is 0 Å². The highest BCUT2D eigenvalue weighted by Crippen LogP contribution is 2.36. The minimum Gasteiger partial charge on any atom is -0.318 e. The van der Waals surface area contributed by atoms with E-state index in [0.29, 0.717) is 6.04 Å². The fourth-order valence-corrected chi connectivity index (χ4v) is 1.86. The van der Waals surface area contributed by atoms with Gasteiger partial charge in [0.25, 0.3) is 0 Å². The van der Waals surface area contributed by atoms with Gasteiger partial charge in [-0.05, 0) is 12.8 Å². The summed E-state index contributed by atoms with van der Waals surface area (Å²) in [4.78, 5) is 0. The molecule has 0 spiro atoms. The summed E-state index contributed by atoms with van der Waals surface area (Å²) in [5.74, 6) is 0.829. The third-order valence-corrected chi connectivity index (χ3v) is 2.90. The Balaban J connectivity index is 1.93. The minimum atomic E-state index is -0.239. The second-order valence-corrected chi connectivity index (χ2v) is 4.25. The molecule has 0 aromatic carbocycles. The summed E-state index contributed by atoms with van der Waals surface area (Å²) in [6.07, 6.45) is 7.85. The Kier molecular flexibility index (Phi) is 2.03. The molecular weight excluding hydrogens is 204 g/mol. The van der Waals surface area contributed by atoms with Gasteiger partial charge in [-0.25, -0.2) is 0 Å². The van der Waals surface area contributed by atoms with Gasteiger partial charge in [0.05, 0.1) is 12.2 Å². The summed E-state index contributed by atoms with van der Waals surface area (Å²) < 4.78 is 3.82. The lowest BCUT2D eigenvalue weighted by atomic mass is 10.1. The van der Waals surface area contributed by atoms with Crippen molar-refractivity contribution in [1.29, 1.82) is 0 Å². The second kappa shape index (κ2) is 3.41. The van der Waals surface area contributed by atoms with Crippen LogP contribution >= 0.6 is 0 Å². The van der Waals surface area contributed by atoms with Crippen molar-refractivity contribution in [1.82, 2.24) is 24.5 Å². The summed E-state index contributed by atoms with van der Waals surface area (Å²) in [5, 5.41) is 12.2. The molecule has 0 aliphatic heterocycles. The van der Waals surface area contributed by atoms with E-state index >= 15 is 0 Å². The lowest BCUT2D eigenvalue weighted by Gasteiger charge is -2.10. The molecule has 1 saturated carbocycles. The summed E-state index contributed by atoms with van der Waals surface area (Å²) in [6.45, 7) is 0. The topological polar surface area (TPSA) is 74.6 Å². The zero-order valence-electron chi connectivity index (χ0n) is 9.11. The van der Waals surface area contributed by atoms with E-state index in [9.17, 15) is 0 Å². The van der Waals surface area contributed by atoms with Gasteiger partial charge in [-0.15, -0.1) is 10.2 Å². The zero-order chi connectivity index (χ0) is 11.1. The molecule has 6 nitrogen and oxygen atoms in total. The van der Waals surface area contributed by atoms with Crippen molar-refractivity contribution in [2.75, 3.05) is 0 Å². The van der Waals surface area contributed by atoms with Crippen molar-refractivity contribution in [3.63, 3.8) is 0 Å². The molecule has 16 heavy (non-hydrogen) atoms. The van der Waals surface area contributed by atoms with E-state index in [1.165, 1.54) is 12.8 Å². The number of aryl methyl sites for hydroxylation is 1. The molecule has 1 atom stereocenters. The van der Waals surface area contributed by atoms with Crippen molar-refractivity contribution < 1.29 is 0 Å². The van der Waals surface area contributed by atoms with E-state index in [4.69, 9.17) is 5.73 Å². The molecule has 2 N–H and O–H groups in total. The molecule has 84 valence electrons. The highest BCUT2D eigenvalue weighted by molar-refractivity contribution is 5.19. The Morgan fingerprint density at radius 2 is 2.31 bits per heavy atom. The Hall–Kier alpha value is -1.69. The monoisotopic (exact) mass is 218 g/mol. The zero-order valence-corrected chi connectivity index (χ0v) is 9.11. The first-order valence-electron chi connectivity index (χ1n) is 5.39. The summed E-state index contributed by atoms with van der Waals surface area (Å²) in [7, 11) is 1.88. The van der Waals surface area contributed by atoms with Crippen LogP contribution in [0.25, 0.3) is 0 Å². The second-order valence-electron chi connectivity index (χ2n) is 4.25. The lowest BCUT2D eigenvalue weighted by molar-refractivity contribution is 0.643. The SMILES string of the molecule is Cn1cc(C(N)c2nncn2C2CC2)cn1. The van der Waals surface area contributed by atoms with Gasteiger partial charge in [-0.2, -0.15) is 5.10 Å². The molecule has 0 radical (unpaired) electrons. The van der Waals surface area contributed by atoms with Crippen molar-refractivity contribution in [2.24, 2.45) is 12.8 Å². The smallest absolute Gasteiger partial charge is 0.154 e. The van der Waals surface area contributed by atoms with Gasteiger partial charge in [0.2, 0.25) is 0 Å². The van der Waals surface area contributed by atoms with Crippen LogP contribution in [0.1, 0.15) is 36.3 Å². The molecule has 2 aromatic heterocycles. The first kappa shape index (κ1) is 9.53. The molecule has 1 aliphatic rings. The lowest BCUT2D eigenvalue weighted by Crippen LogP contribution is -2.17. The van der Waals surface area contributed by atoms with Crippen LogP contribution in [0.2, 0.25) is 0 Å². The molecule has 6 heteroatoms. The summed E-state index contributed by atoms with van der Waals surface area (Å²) >= 11 is 0. The molecular formula is C10H14N6. The van der Waals surface area contributed by atoms with Crippen LogP contribution < -0.4 is 5.73 Å². The first-order chi connectivity index (χ1) is 7.75. The standard InChI is InChI=1S/C10H14N6/c1-15-5-7(4-13-15)9(11)10-14-12-6-16(10)8-2-3-8/h4-6,8-9H,2-3,11H2,1H3. The average molecular weight is 218 g/mol. The molecule has 3 rings (SSSR count). The van der Waals surface area contributed by atoms with E-state index in [1.54, 1.807) is 17.2 Å². The van der Waals surface area contributed by atoms with E-state index in [0.717, 1.165) is 11.4 Å². The molecule has 2 heterocycles. The Bertz CT molecular complexity index is 495. The predicted octanol–water partition coefficient (Wildman–Crippen LogP) is 0.395. The van der Waals surface area contributed by atoms with E-state index in [1.807, 2.05) is 13.2 Å². The van der Waals surface area contributed by atoms with Crippen LogP contribution in [-0.2, 0) is 7.05 Å². The van der Waals surface area contributed by atoms with Crippen molar-refractivity contribution in [2.45, 2.75) is 24.9 Å². The Morgan fingerprint density at radius 1 is 1.50 bits per heavy atom.